The van der Waals surface area contributed by atoms with Crippen molar-refractivity contribution in [1.29, 1.82) is 0 Å². The van der Waals surface area contributed by atoms with E-state index in [0.29, 0.717) is 36.6 Å². The van der Waals surface area contributed by atoms with Crippen LogP contribution in [0.4, 0.5) is 0 Å². The molecule has 1 aliphatic heterocycles. The standard InChI is InChI=1S/C21H26N4O5/c1-13-17(14(2)30-24-13)12-29-16-8-6-15(7-9-16)20(27)23-11-19(26)25-10-4-5-18(25)21(28)22-3/h6-9,18H,4-5,10-12H2,1-3H3,(H,22,28)(H,23,27). The second-order valence-electron chi connectivity index (χ2n) is 7.16. The molecule has 1 aromatic heterocycles. The molecule has 1 fully saturated rings. The number of benzene rings is 1. The summed E-state index contributed by atoms with van der Waals surface area (Å²) in [6.07, 6.45) is 1.40. The zero-order chi connectivity index (χ0) is 21.7. The molecule has 3 amide bonds. The average Bonchev–Trinajstić information content (AvgIpc) is 3.37. The molecule has 0 radical (unpaired) electrons. The summed E-state index contributed by atoms with van der Waals surface area (Å²) in [6, 6.07) is 6.18. The van der Waals surface area contributed by atoms with Gasteiger partial charge in [0.05, 0.1) is 17.8 Å². The summed E-state index contributed by atoms with van der Waals surface area (Å²) in [7, 11) is 1.55. The van der Waals surface area contributed by atoms with Crippen LogP contribution in [0.5, 0.6) is 5.75 Å². The lowest BCUT2D eigenvalue weighted by Gasteiger charge is -2.23. The molecule has 1 unspecified atom stereocenters. The summed E-state index contributed by atoms with van der Waals surface area (Å²) in [5, 5.41) is 9.08. The van der Waals surface area contributed by atoms with Gasteiger partial charge in [0.2, 0.25) is 11.8 Å². The fourth-order valence-corrected chi connectivity index (χ4v) is 3.43. The van der Waals surface area contributed by atoms with Gasteiger partial charge in [0, 0.05) is 19.2 Å². The average molecular weight is 414 g/mol. The van der Waals surface area contributed by atoms with Crippen LogP contribution in [-0.2, 0) is 16.2 Å². The summed E-state index contributed by atoms with van der Waals surface area (Å²) >= 11 is 0. The minimum Gasteiger partial charge on any atom is -0.489 e. The lowest BCUT2D eigenvalue weighted by atomic mass is 10.2. The number of nitrogens with one attached hydrogen (secondary N) is 2. The molecule has 0 spiro atoms. The minimum atomic E-state index is -0.464. The number of carbonyl (C=O) groups is 3. The summed E-state index contributed by atoms with van der Waals surface area (Å²) in [5.41, 5.74) is 2.09. The molecule has 0 aliphatic carbocycles. The predicted molar refractivity (Wildman–Crippen MR) is 108 cm³/mol. The number of likely N-dealkylation sites (N-methyl/N-ethyl adjacent to an activating group) is 1. The van der Waals surface area contributed by atoms with E-state index >= 15 is 0 Å². The number of rotatable bonds is 7. The van der Waals surface area contributed by atoms with E-state index in [2.05, 4.69) is 15.8 Å². The van der Waals surface area contributed by atoms with Gasteiger partial charge in [-0.15, -0.1) is 0 Å². The summed E-state index contributed by atoms with van der Waals surface area (Å²) in [6.45, 7) is 4.36. The topological polar surface area (TPSA) is 114 Å². The number of nitrogens with zero attached hydrogens (tertiary/aromatic N) is 2. The normalized spacial score (nSPS) is 15.7. The molecule has 1 aliphatic rings. The SMILES string of the molecule is CNC(=O)C1CCCN1C(=O)CNC(=O)c1ccc(OCc2c(C)noc2C)cc1. The number of carbonyl (C=O) groups excluding carboxylic acids is 3. The van der Waals surface area contributed by atoms with E-state index in [9.17, 15) is 14.4 Å². The highest BCUT2D eigenvalue weighted by atomic mass is 16.5. The molecule has 1 saturated heterocycles. The second kappa shape index (κ2) is 9.43. The van der Waals surface area contributed by atoms with E-state index in [4.69, 9.17) is 9.26 Å². The Hall–Kier alpha value is -3.36. The van der Waals surface area contributed by atoms with Crippen molar-refractivity contribution in [3.63, 3.8) is 0 Å². The first-order valence-corrected chi connectivity index (χ1v) is 9.84. The van der Waals surface area contributed by atoms with Crippen LogP contribution >= 0.6 is 0 Å². The number of hydrogen-bond donors (Lipinski definition) is 2. The Morgan fingerprint density at radius 1 is 1.23 bits per heavy atom. The molecule has 1 atom stereocenters. The van der Waals surface area contributed by atoms with Crippen LogP contribution in [0.1, 0.15) is 40.2 Å². The highest BCUT2D eigenvalue weighted by Gasteiger charge is 2.33. The maximum Gasteiger partial charge on any atom is 0.251 e. The van der Waals surface area contributed by atoms with E-state index in [1.807, 2.05) is 13.8 Å². The molecule has 9 heteroatoms. The Morgan fingerprint density at radius 3 is 2.60 bits per heavy atom. The third-order valence-corrected chi connectivity index (χ3v) is 5.20. The van der Waals surface area contributed by atoms with Crippen LogP contribution in [0.15, 0.2) is 28.8 Å². The largest absolute Gasteiger partial charge is 0.489 e. The van der Waals surface area contributed by atoms with E-state index in [1.54, 1.807) is 31.3 Å². The van der Waals surface area contributed by atoms with Crippen molar-refractivity contribution in [3.8, 4) is 5.75 Å². The summed E-state index contributed by atoms with van der Waals surface area (Å²) in [4.78, 5) is 38.2. The van der Waals surface area contributed by atoms with Gasteiger partial charge < -0.3 is 24.8 Å². The van der Waals surface area contributed by atoms with Gasteiger partial charge in [-0.3, -0.25) is 14.4 Å². The highest BCUT2D eigenvalue weighted by Crippen LogP contribution is 2.19. The van der Waals surface area contributed by atoms with E-state index in [0.717, 1.165) is 17.7 Å². The number of aromatic nitrogens is 1. The van der Waals surface area contributed by atoms with Gasteiger partial charge in [-0.25, -0.2) is 0 Å². The van der Waals surface area contributed by atoms with Gasteiger partial charge in [0.25, 0.3) is 5.91 Å². The molecule has 0 bridgehead atoms. The molecule has 2 N–H and O–H groups in total. The number of amides is 3. The molecule has 1 aromatic carbocycles. The van der Waals surface area contributed by atoms with Crippen LogP contribution in [0, 0.1) is 13.8 Å². The summed E-state index contributed by atoms with van der Waals surface area (Å²) < 4.78 is 10.8. The lowest BCUT2D eigenvalue weighted by Crippen LogP contribution is -2.48. The van der Waals surface area contributed by atoms with Crippen molar-refractivity contribution in [2.24, 2.45) is 0 Å². The number of ether oxygens (including phenoxy) is 1. The molecule has 3 rings (SSSR count). The Kier molecular flexibility index (Phi) is 6.71. The molecule has 2 heterocycles. The molecule has 160 valence electrons. The van der Waals surface area contributed by atoms with E-state index in [-0.39, 0.29) is 24.3 Å². The molecule has 9 nitrogen and oxygen atoms in total. The Bertz CT molecular complexity index is 902. The molecular formula is C21H26N4O5. The van der Waals surface area contributed by atoms with E-state index < -0.39 is 6.04 Å². The smallest absolute Gasteiger partial charge is 0.251 e. The van der Waals surface area contributed by atoms with Gasteiger partial charge in [0.15, 0.2) is 0 Å². The first-order chi connectivity index (χ1) is 14.4. The fourth-order valence-electron chi connectivity index (χ4n) is 3.43. The van der Waals surface area contributed by atoms with Gasteiger partial charge in [-0.1, -0.05) is 5.16 Å². The van der Waals surface area contributed by atoms with Gasteiger partial charge in [-0.2, -0.15) is 0 Å². The van der Waals surface area contributed by atoms with Crippen LogP contribution in [0.2, 0.25) is 0 Å². The predicted octanol–water partition coefficient (Wildman–Crippen LogP) is 1.34. The Balaban J connectivity index is 1.51. The maximum atomic E-state index is 12.4. The van der Waals surface area contributed by atoms with Gasteiger partial charge >= 0.3 is 0 Å². The molecule has 2 aromatic rings. The first kappa shape index (κ1) is 21.4. The van der Waals surface area contributed by atoms with Crippen molar-refractivity contribution in [2.45, 2.75) is 39.3 Å². The third-order valence-electron chi connectivity index (χ3n) is 5.20. The van der Waals surface area contributed by atoms with Crippen LogP contribution in [0.25, 0.3) is 0 Å². The number of likely N-dealkylation sites (tertiary alicyclic amines) is 1. The molecule has 0 saturated carbocycles. The van der Waals surface area contributed by atoms with Crippen LogP contribution < -0.4 is 15.4 Å². The lowest BCUT2D eigenvalue weighted by molar-refractivity contribution is -0.137. The number of hydrogen-bond acceptors (Lipinski definition) is 6. The highest BCUT2D eigenvalue weighted by molar-refractivity contribution is 5.97. The van der Waals surface area contributed by atoms with Crippen molar-refractivity contribution in [2.75, 3.05) is 20.1 Å². The van der Waals surface area contributed by atoms with Crippen molar-refractivity contribution in [3.05, 3.63) is 46.8 Å². The van der Waals surface area contributed by atoms with E-state index in [1.165, 1.54) is 4.90 Å². The van der Waals surface area contributed by atoms with Crippen molar-refractivity contribution in [1.82, 2.24) is 20.7 Å². The Labute approximate surface area is 174 Å². The maximum absolute atomic E-state index is 12.4. The molecule has 30 heavy (non-hydrogen) atoms. The van der Waals surface area contributed by atoms with Gasteiger partial charge in [0.1, 0.15) is 24.2 Å². The van der Waals surface area contributed by atoms with Crippen LogP contribution in [-0.4, -0.2) is 54.0 Å². The number of aryl methyl sites for hydroxylation is 2. The second-order valence-corrected chi connectivity index (χ2v) is 7.16. The monoisotopic (exact) mass is 414 g/mol. The minimum absolute atomic E-state index is 0.156. The van der Waals surface area contributed by atoms with Crippen LogP contribution in [0.3, 0.4) is 0 Å². The van der Waals surface area contributed by atoms with Crippen molar-refractivity contribution < 1.29 is 23.6 Å². The first-order valence-electron chi connectivity index (χ1n) is 9.84. The molecular weight excluding hydrogens is 388 g/mol. The quantitative estimate of drug-likeness (QED) is 0.707. The fraction of sp³-hybridized carbons (Fsp3) is 0.429. The van der Waals surface area contributed by atoms with Crippen molar-refractivity contribution >= 4 is 17.7 Å². The zero-order valence-corrected chi connectivity index (χ0v) is 17.4. The third kappa shape index (κ3) is 4.79. The zero-order valence-electron chi connectivity index (χ0n) is 17.4. The Morgan fingerprint density at radius 2 is 1.97 bits per heavy atom. The summed E-state index contributed by atoms with van der Waals surface area (Å²) in [5.74, 6) is 0.502. The van der Waals surface area contributed by atoms with Gasteiger partial charge in [-0.05, 0) is 51.0 Å².